The summed E-state index contributed by atoms with van der Waals surface area (Å²) in [4.78, 5) is 27.5. The monoisotopic (exact) mass is 465 g/mol. The van der Waals surface area contributed by atoms with E-state index in [4.69, 9.17) is 16.3 Å². The molecule has 0 radical (unpaired) electrons. The van der Waals surface area contributed by atoms with Gasteiger partial charge in [0.15, 0.2) is 0 Å². The van der Waals surface area contributed by atoms with Crippen molar-refractivity contribution >= 4 is 34.3 Å². The van der Waals surface area contributed by atoms with Crippen molar-refractivity contribution in [2.24, 2.45) is 0 Å². The molecule has 0 aromatic heterocycles. The molecule has 0 bridgehead atoms. The second kappa shape index (κ2) is 8.01. The van der Waals surface area contributed by atoms with E-state index in [1.54, 1.807) is 4.90 Å². The van der Waals surface area contributed by atoms with E-state index in [1.165, 1.54) is 4.90 Å². The summed E-state index contributed by atoms with van der Waals surface area (Å²) in [5.41, 5.74) is -0.902. The lowest BCUT2D eigenvalue weighted by atomic mass is 10.0. The molecular formula is C18H19ClF3N3O4S. The fourth-order valence-electron chi connectivity index (χ4n) is 3.82. The highest BCUT2D eigenvalue weighted by Crippen LogP contribution is 2.34. The third-order valence-corrected chi connectivity index (χ3v) is 7.61. The maximum absolute atomic E-state index is 12.8. The van der Waals surface area contributed by atoms with Crippen molar-refractivity contribution < 1.29 is 31.7 Å². The van der Waals surface area contributed by atoms with Gasteiger partial charge in [0.1, 0.15) is 6.61 Å². The third-order valence-electron chi connectivity index (χ3n) is 5.49. The van der Waals surface area contributed by atoms with Gasteiger partial charge < -0.3 is 19.9 Å². The van der Waals surface area contributed by atoms with Crippen molar-refractivity contribution in [2.45, 2.75) is 34.9 Å². The van der Waals surface area contributed by atoms with Gasteiger partial charge in [-0.1, -0.05) is 11.6 Å². The van der Waals surface area contributed by atoms with Crippen molar-refractivity contribution in [3.05, 3.63) is 28.8 Å². The van der Waals surface area contributed by atoms with E-state index in [0.717, 1.165) is 18.2 Å². The van der Waals surface area contributed by atoms with E-state index in [2.05, 4.69) is 5.32 Å². The quantitative estimate of drug-likeness (QED) is 0.723. The molecule has 3 aliphatic heterocycles. The molecule has 7 nitrogen and oxygen atoms in total. The molecule has 1 unspecified atom stereocenters. The van der Waals surface area contributed by atoms with Gasteiger partial charge in [0.2, 0.25) is 5.91 Å². The molecule has 30 heavy (non-hydrogen) atoms. The Kier molecular flexibility index (Phi) is 5.71. The smallest absolute Gasteiger partial charge is 0.366 e. The summed E-state index contributed by atoms with van der Waals surface area (Å²) in [7, 11) is -1.63. The number of alkyl halides is 3. The molecule has 1 aromatic carbocycles. The Balaban J connectivity index is 1.34. The molecule has 3 saturated heterocycles. The average molecular weight is 466 g/mol. The molecular weight excluding hydrogens is 447 g/mol. The Morgan fingerprint density at radius 2 is 1.97 bits per heavy atom. The van der Waals surface area contributed by atoms with E-state index >= 15 is 0 Å². The summed E-state index contributed by atoms with van der Waals surface area (Å²) >= 11 is 5.92. The summed E-state index contributed by atoms with van der Waals surface area (Å²) < 4.78 is 56.5. The number of morpholine rings is 1. The standard InChI is InChI=1S/C18H19ClF3N3O4S/c19-12-5-10(18(20,21)22)1-2-15(12)30(28)11-6-25(7-11)17(27)24-4-3-14-13(8-24)23-16(26)9-29-14/h1-2,5,11,13-14H,3-4,6-9H2,(H,23,26)/t13-,14+,30?/m1/s1. The molecule has 0 saturated carbocycles. The number of halogens is 4. The van der Waals surface area contributed by atoms with Gasteiger partial charge in [0.05, 0.1) is 43.7 Å². The normalized spacial score (nSPS) is 25.9. The number of urea groups is 1. The van der Waals surface area contributed by atoms with Crippen LogP contribution in [0.1, 0.15) is 12.0 Å². The first-order chi connectivity index (χ1) is 14.1. The second-order valence-electron chi connectivity index (χ2n) is 7.51. The fourth-order valence-corrected chi connectivity index (χ4v) is 5.67. The minimum absolute atomic E-state index is 0.0290. The van der Waals surface area contributed by atoms with Crippen LogP contribution in [0.15, 0.2) is 23.1 Å². The van der Waals surface area contributed by atoms with Crippen LogP contribution in [0, 0.1) is 0 Å². The molecule has 12 heteroatoms. The van der Waals surface area contributed by atoms with E-state index in [9.17, 15) is 27.0 Å². The van der Waals surface area contributed by atoms with Crippen LogP contribution in [0.3, 0.4) is 0 Å². The highest BCUT2D eigenvalue weighted by molar-refractivity contribution is 7.86. The van der Waals surface area contributed by atoms with E-state index < -0.39 is 27.8 Å². The molecule has 3 amide bonds. The van der Waals surface area contributed by atoms with Crippen molar-refractivity contribution in [1.29, 1.82) is 0 Å². The van der Waals surface area contributed by atoms with Crippen LogP contribution in [0.25, 0.3) is 0 Å². The number of fused-ring (bicyclic) bond motifs is 1. The lowest BCUT2D eigenvalue weighted by molar-refractivity contribution is -0.140. The zero-order valence-electron chi connectivity index (χ0n) is 15.7. The summed E-state index contributed by atoms with van der Waals surface area (Å²) in [5, 5.41) is 2.22. The zero-order valence-corrected chi connectivity index (χ0v) is 17.2. The predicted octanol–water partition coefficient (Wildman–Crippen LogP) is 1.86. The fraction of sp³-hybridized carbons (Fsp3) is 0.556. The van der Waals surface area contributed by atoms with Crippen LogP contribution < -0.4 is 5.32 Å². The molecule has 3 heterocycles. The molecule has 3 aliphatic rings. The maximum Gasteiger partial charge on any atom is 0.416 e. The lowest BCUT2D eigenvalue weighted by Crippen LogP contribution is -2.65. The van der Waals surface area contributed by atoms with Gasteiger partial charge in [-0.15, -0.1) is 0 Å². The Morgan fingerprint density at radius 1 is 1.23 bits per heavy atom. The predicted molar refractivity (Wildman–Crippen MR) is 101 cm³/mol. The third kappa shape index (κ3) is 4.15. The van der Waals surface area contributed by atoms with Crippen LogP contribution in [0.5, 0.6) is 0 Å². The van der Waals surface area contributed by atoms with Gasteiger partial charge in [0.25, 0.3) is 0 Å². The Bertz CT molecular complexity index is 894. The number of benzene rings is 1. The SMILES string of the molecule is O=C1CO[C@H]2CCN(C(=O)N3CC(S(=O)c4ccc(C(F)(F)F)cc4Cl)C3)C[C@H]2N1. The number of carbonyl (C=O) groups excluding carboxylic acids is 2. The first-order valence-corrected chi connectivity index (χ1v) is 10.9. The topological polar surface area (TPSA) is 79.0 Å². The van der Waals surface area contributed by atoms with Crippen molar-refractivity contribution in [3.8, 4) is 0 Å². The van der Waals surface area contributed by atoms with Gasteiger partial charge in [-0.25, -0.2) is 4.79 Å². The average Bonchev–Trinajstić information content (AvgIpc) is 2.65. The zero-order chi connectivity index (χ0) is 21.6. The number of ether oxygens (including phenoxy) is 1. The number of amides is 3. The number of hydrogen-bond donors (Lipinski definition) is 1. The largest absolute Gasteiger partial charge is 0.416 e. The number of rotatable bonds is 2. The number of nitrogens with one attached hydrogen (secondary N) is 1. The number of carbonyl (C=O) groups is 2. The van der Waals surface area contributed by atoms with Crippen LogP contribution in [0.4, 0.5) is 18.0 Å². The summed E-state index contributed by atoms with van der Waals surface area (Å²) in [6.45, 7) is 1.29. The van der Waals surface area contributed by atoms with E-state index in [1.807, 2.05) is 0 Å². The van der Waals surface area contributed by atoms with Crippen LogP contribution in [-0.2, 0) is 26.5 Å². The minimum atomic E-state index is -4.53. The molecule has 1 aromatic rings. The molecule has 4 rings (SSSR count). The highest BCUT2D eigenvalue weighted by Gasteiger charge is 2.42. The molecule has 164 valence electrons. The summed E-state index contributed by atoms with van der Waals surface area (Å²) in [6.07, 6.45) is -4.02. The van der Waals surface area contributed by atoms with Gasteiger partial charge in [0, 0.05) is 26.2 Å². The molecule has 3 atom stereocenters. The van der Waals surface area contributed by atoms with Gasteiger partial charge in [-0.3, -0.25) is 9.00 Å². The summed E-state index contributed by atoms with van der Waals surface area (Å²) in [6, 6.07) is 2.27. The van der Waals surface area contributed by atoms with Crippen molar-refractivity contribution in [1.82, 2.24) is 15.1 Å². The molecule has 1 N–H and O–H groups in total. The van der Waals surface area contributed by atoms with Crippen molar-refractivity contribution in [3.63, 3.8) is 0 Å². The second-order valence-corrected chi connectivity index (χ2v) is 9.62. The van der Waals surface area contributed by atoms with Crippen LogP contribution in [0.2, 0.25) is 5.02 Å². The Hall–Kier alpha value is -1.85. The van der Waals surface area contributed by atoms with E-state index in [0.29, 0.717) is 19.5 Å². The molecule has 3 fully saturated rings. The Morgan fingerprint density at radius 3 is 2.63 bits per heavy atom. The van der Waals surface area contributed by atoms with Crippen LogP contribution in [-0.4, -0.2) is 76.1 Å². The molecule has 0 aliphatic carbocycles. The van der Waals surface area contributed by atoms with E-state index in [-0.39, 0.29) is 53.7 Å². The first-order valence-electron chi connectivity index (χ1n) is 9.35. The van der Waals surface area contributed by atoms with Gasteiger partial charge in [-0.2, -0.15) is 13.2 Å². The molecule has 0 spiro atoms. The highest BCUT2D eigenvalue weighted by atomic mass is 35.5. The number of hydrogen-bond acceptors (Lipinski definition) is 4. The number of nitrogens with zero attached hydrogens (tertiary/aromatic N) is 2. The van der Waals surface area contributed by atoms with Gasteiger partial charge in [-0.05, 0) is 24.6 Å². The first kappa shape index (κ1) is 21.4. The van der Waals surface area contributed by atoms with Crippen LogP contribution >= 0.6 is 11.6 Å². The number of piperidine rings is 1. The Labute approximate surface area is 177 Å². The minimum Gasteiger partial charge on any atom is -0.366 e. The van der Waals surface area contributed by atoms with Gasteiger partial charge >= 0.3 is 12.2 Å². The lowest BCUT2D eigenvalue weighted by Gasteiger charge is -2.45. The summed E-state index contributed by atoms with van der Waals surface area (Å²) in [5.74, 6) is -0.210. The van der Waals surface area contributed by atoms with Crippen molar-refractivity contribution in [2.75, 3.05) is 32.8 Å². The number of likely N-dealkylation sites (tertiary alicyclic amines) is 2. The maximum atomic E-state index is 12.8.